The van der Waals surface area contributed by atoms with Gasteiger partial charge in [-0.25, -0.2) is 4.79 Å². The normalized spacial score (nSPS) is 12.4. The molecule has 106 valence electrons. The van der Waals surface area contributed by atoms with Crippen LogP contribution in [0.4, 0.5) is 0 Å². The summed E-state index contributed by atoms with van der Waals surface area (Å²) in [4.78, 5) is 23.5. The largest absolute Gasteiger partial charge is 0.480 e. The number of carbonyl (C=O) groups excluding carboxylic acids is 1. The van der Waals surface area contributed by atoms with Gasteiger partial charge >= 0.3 is 5.97 Å². The van der Waals surface area contributed by atoms with Crippen LogP contribution in [0.2, 0.25) is 0 Å². The number of carboxylic acids is 1. The van der Waals surface area contributed by atoms with Crippen molar-refractivity contribution in [2.45, 2.75) is 32.2 Å². The average molecular weight is 303 g/mol. The van der Waals surface area contributed by atoms with E-state index in [0.717, 1.165) is 11.5 Å². The number of nitrogens with zero attached hydrogens (tertiary/aromatic N) is 2. The van der Waals surface area contributed by atoms with Crippen molar-refractivity contribution in [3.63, 3.8) is 0 Å². The lowest BCUT2D eigenvalue weighted by molar-refractivity contribution is -0.139. The molecule has 0 saturated carbocycles. The first-order valence-corrected chi connectivity index (χ1v) is 7.99. The second-order valence-electron chi connectivity index (χ2n) is 4.29. The first kappa shape index (κ1) is 15.9. The van der Waals surface area contributed by atoms with Crippen LogP contribution in [0.15, 0.2) is 0 Å². The van der Waals surface area contributed by atoms with E-state index in [-0.39, 0.29) is 5.92 Å². The number of aromatic nitrogens is 2. The fourth-order valence-corrected chi connectivity index (χ4v) is 2.64. The first-order chi connectivity index (χ1) is 8.97. The Morgan fingerprint density at radius 2 is 2.16 bits per heavy atom. The van der Waals surface area contributed by atoms with E-state index >= 15 is 0 Å². The van der Waals surface area contributed by atoms with Crippen molar-refractivity contribution in [2.24, 2.45) is 0 Å². The van der Waals surface area contributed by atoms with Gasteiger partial charge in [-0.1, -0.05) is 18.3 Å². The molecule has 1 atom stereocenters. The van der Waals surface area contributed by atoms with E-state index in [4.69, 9.17) is 5.11 Å². The van der Waals surface area contributed by atoms with Gasteiger partial charge in [-0.05, 0) is 35.9 Å². The van der Waals surface area contributed by atoms with Gasteiger partial charge in [0.25, 0.3) is 5.91 Å². The molecule has 0 aliphatic carbocycles. The quantitative estimate of drug-likeness (QED) is 0.795. The van der Waals surface area contributed by atoms with Crippen LogP contribution in [0.3, 0.4) is 0 Å². The fourth-order valence-electron chi connectivity index (χ4n) is 1.45. The van der Waals surface area contributed by atoms with Crippen molar-refractivity contribution >= 4 is 35.2 Å². The van der Waals surface area contributed by atoms with Gasteiger partial charge < -0.3 is 10.4 Å². The summed E-state index contributed by atoms with van der Waals surface area (Å²) in [6, 6.07) is -0.873. The number of carboxylic acid groups (broad SMARTS) is 1. The molecule has 1 heterocycles. The molecule has 1 unspecified atom stereocenters. The number of carbonyl (C=O) groups is 2. The van der Waals surface area contributed by atoms with E-state index in [0.29, 0.717) is 22.7 Å². The molecule has 0 fully saturated rings. The molecule has 2 N–H and O–H groups in total. The van der Waals surface area contributed by atoms with Crippen molar-refractivity contribution in [3.8, 4) is 0 Å². The standard InChI is InChI=1S/C11H17N3O3S2/c1-6(2)8-9(19-14-13-8)10(15)12-7(11(16)17)4-5-18-3/h6-7H,4-5H2,1-3H3,(H,12,15)(H,16,17). The van der Waals surface area contributed by atoms with Crippen LogP contribution in [0.25, 0.3) is 0 Å². The van der Waals surface area contributed by atoms with Crippen LogP contribution in [0.1, 0.15) is 41.6 Å². The molecular formula is C11H17N3O3S2. The molecule has 0 saturated heterocycles. The van der Waals surface area contributed by atoms with Gasteiger partial charge in [0.05, 0.1) is 5.69 Å². The highest BCUT2D eigenvalue weighted by atomic mass is 32.2. The first-order valence-electron chi connectivity index (χ1n) is 5.82. The molecule has 1 aromatic rings. The Balaban J connectivity index is 2.76. The number of hydrogen-bond acceptors (Lipinski definition) is 6. The van der Waals surface area contributed by atoms with E-state index < -0.39 is 17.9 Å². The zero-order valence-electron chi connectivity index (χ0n) is 11.0. The van der Waals surface area contributed by atoms with Crippen molar-refractivity contribution in [1.82, 2.24) is 14.9 Å². The number of amides is 1. The summed E-state index contributed by atoms with van der Waals surface area (Å²) in [6.45, 7) is 3.83. The minimum Gasteiger partial charge on any atom is -0.480 e. The van der Waals surface area contributed by atoms with Gasteiger partial charge in [0.15, 0.2) is 0 Å². The SMILES string of the molecule is CSCCC(NC(=O)c1snnc1C(C)C)C(=O)O. The molecule has 0 radical (unpaired) electrons. The summed E-state index contributed by atoms with van der Waals surface area (Å²) in [7, 11) is 0. The second kappa shape index (κ2) is 7.44. The molecule has 0 aromatic carbocycles. The number of hydrogen-bond donors (Lipinski definition) is 2. The zero-order valence-corrected chi connectivity index (χ0v) is 12.7. The van der Waals surface area contributed by atoms with Gasteiger partial charge in [0.2, 0.25) is 0 Å². The minimum absolute atomic E-state index is 0.0778. The van der Waals surface area contributed by atoms with Crippen LogP contribution < -0.4 is 5.32 Å². The minimum atomic E-state index is -1.02. The lowest BCUT2D eigenvalue weighted by Crippen LogP contribution is -2.41. The predicted molar refractivity (Wildman–Crippen MR) is 75.9 cm³/mol. The van der Waals surface area contributed by atoms with E-state index in [1.807, 2.05) is 20.1 Å². The topological polar surface area (TPSA) is 92.2 Å². The number of rotatable bonds is 7. The number of thioether (sulfide) groups is 1. The lowest BCUT2D eigenvalue weighted by atomic mass is 10.1. The molecule has 0 aliphatic heterocycles. The summed E-state index contributed by atoms with van der Waals surface area (Å²) in [5.41, 5.74) is 0.608. The Bertz CT molecular complexity index is 448. The van der Waals surface area contributed by atoms with Gasteiger partial charge in [-0.15, -0.1) is 5.10 Å². The maximum absolute atomic E-state index is 12.1. The Hall–Kier alpha value is -1.15. The molecule has 0 bridgehead atoms. The number of nitrogens with one attached hydrogen (secondary N) is 1. The highest BCUT2D eigenvalue weighted by Gasteiger charge is 2.24. The van der Waals surface area contributed by atoms with Crippen LogP contribution in [0, 0.1) is 0 Å². The molecule has 1 amide bonds. The fraction of sp³-hybridized carbons (Fsp3) is 0.636. The van der Waals surface area contributed by atoms with Gasteiger partial charge in [-0.2, -0.15) is 11.8 Å². The maximum Gasteiger partial charge on any atom is 0.326 e. The van der Waals surface area contributed by atoms with E-state index in [9.17, 15) is 9.59 Å². The van der Waals surface area contributed by atoms with E-state index in [2.05, 4.69) is 14.9 Å². The van der Waals surface area contributed by atoms with Crippen LogP contribution in [-0.2, 0) is 4.79 Å². The number of aliphatic carboxylic acids is 1. The molecule has 8 heteroatoms. The Morgan fingerprint density at radius 3 is 2.68 bits per heavy atom. The third kappa shape index (κ3) is 4.46. The predicted octanol–water partition coefficient (Wildman–Crippen LogP) is 1.60. The second-order valence-corrected chi connectivity index (χ2v) is 6.03. The Kier molecular flexibility index (Phi) is 6.23. The van der Waals surface area contributed by atoms with Gasteiger partial charge in [0, 0.05) is 0 Å². The van der Waals surface area contributed by atoms with Gasteiger partial charge in [-0.3, -0.25) is 4.79 Å². The van der Waals surface area contributed by atoms with Crippen LogP contribution >= 0.6 is 23.3 Å². The maximum atomic E-state index is 12.1. The lowest BCUT2D eigenvalue weighted by Gasteiger charge is -2.13. The average Bonchev–Trinajstić information content (AvgIpc) is 2.83. The van der Waals surface area contributed by atoms with Crippen LogP contribution in [-0.4, -0.2) is 44.6 Å². The van der Waals surface area contributed by atoms with Crippen molar-refractivity contribution < 1.29 is 14.7 Å². The molecular weight excluding hydrogens is 286 g/mol. The van der Waals surface area contributed by atoms with Crippen LogP contribution in [0.5, 0.6) is 0 Å². The van der Waals surface area contributed by atoms with Crippen molar-refractivity contribution in [2.75, 3.05) is 12.0 Å². The highest BCUT2D eigenvalue weighted by molar-refractivity contribution is 7.98. The van der Waals surface area contributed by atoms with Crippen molar-refractivity contribution in [3.05, 3.63) is 10.6 Å². The monoisotopic (exact) mass is 303 g/mol. The highest BCUT2D eigenvalue weighted by Crippen LogP contribution is 2.19. The zero-order chi connectivity index (χ0) is 14.4. The summed E-state index contributed by atoms with van der Waals surface area (Å²) in [5.74, 6) is -0.679. The van der Waals surface area contributed by atoms with Gasteiger partial charge in [0.1, 0.15) is 10.9 Å². The molecule has 1 aromatic heterocycles. The van der Waals surface area contributed by atoms with E-state index in [1.165, 1.54) is 0 Å². The van der Waals surface area contributed by atoms with Crippen molar-refractivity contribution in [1.29, 1.82) is 0 Å². The Labute approximate surface area is 120 Å². The summed E-state index contributed by atoms with van der Waals surface area (Å²) >= 11 is 2.54. The third-order valence-corrected chi connectivity index (χ3v) is 3.86. The molecule has 6 nitrogen and oxygen atoms in total. The third-order valence-electron chi connectivity index (χ3n) is 2.48. The molecule has 1 rings (SSSR count). The molecule has 19 heavy (non-hydrogen) atoms. The van der Waals surface area contributed by atoms with E-state index in [1.54, 1.807) is 11.8 Å². The smallest absolute Gasteiger partial charge is 0.326 e. The molecule has 0 aliphatic rings. The Morgan fingerprint density at radius 1 is 1.47 bits per heavy atom. The summed E-state index contributed by atoms with van der Waals surface area (Å²) in [6.07, 6.45) is 2.29. The molecule has 0 spiro atoms. The summed E-state index contributed by atoms with van der Waals surface area (Å²) < 4.78 is 3.76. The summed E-state index contributed by atoms with van der Waals surface area (Å²) in [5, 5.41) is 15.5.